The average molecular weight is 112 g/mol. The van der Waals surface area contributed by atoms with Gasteiger partial charge in [-0.15, -0.1) is 0 Å². The van der Waals surface area contributed by atoms with Crippen LogP contribution in [0, 0.1) is 6.92 Å². The van der Waals surface area contributed by atoms with Gasteiger partial charge in [0.2, 0.25) is 0 Å². The van der Waals surface area contributed by atoms with E-state index in [0.29, 0.717) is 0 Å². The number of hydrogen-bond acceptors (Lipinski definition) is 0. The maximum Gasteiger partial charge on any atom is 0.114 e. The summed E-state index contributed by atoms with van der Waals surface area (Å²) in [6, 6.07) is 5.52. The Hall–Kier alpha value is -0.650. The minimum Gasteiger partial charge on any atom is -0.0944 e. The van der Waals surface area contributed by atoms with Crippen molar-refractivity contribution in [3.63, 3.8) is 0 Å². The van der Waals surface area contributed by atoms with E-state index in [0.717, 1.165) is 16.5 Å². The summed E-state index contributed by atoms with van der Waals surface area (Å²) in [5, 5.41) is 0. The summed E-state index contributed by atoms with van der Waals surface area (Å²) >= 11 is 0. The van der Waals surface area contributed by atoms with Crippen LogP contribution in [-0.2, 0) is 0 Å². The molecule has 0 saturated heterocycles. The molecule has 0 aliphatic heterocycles. The van der Waals surface area contributed by atoms with E-state index >= 15 is 0 Å². The van der Waals surface area contributed by atoms with Gasteiger partial charge >= 0.3 is 0 Å². The number of benzene rings is 1. The maximum absolute atomic E-state index is 5.54. The molecule has 0 N–H and O–H groups in total. The molecule has 1 rings (SSSR count). The predicted molar refractivity (Wildman–Crippen MR) is 42.0 cm³/mol. The zero-order valence-corrected chi connectivity index (χ0v) is 5.39. The Morgan fingerprint density at radius 3 is 1.89 bits per heavy atom. The van der Waals surface area contributed by atoms with Gasteiger partial charge in [0.25, 0.3) is 0 Å². The van der Waals surface area contributed by atoms with Gasteiger partial charge in [0.15, 0.2) is 0 Å². The van der Waals surface area contributed by atoms with Crippen LogP contribution in [0.2, 0.25) is 0 Å². The minimum absolute atomic E-state index is 0.759. The molecule has 0 aliphatic carbocycles. The molecule has 0 aliphatic rings. The van der Waals surface area contributed by atoms with Crippen molar-refractivity contribution >= 4 is 26.6 Å². The van der Waals surface area contributed by atoms with Gasteiger partial charge in [-0.05, 0) is 6.92 Å². The molecular weight excluding hydrogens is 106 g/mol. The van der Waals surface area contributed by atoms with Gasteiger partial charge in [-0.2, -0.15) is 0 Å². The van der Waals surface area contributed by atoms with Gasteiger partial charge in [-0.25, -0.2) is 0 Å². The van der Waals surface area contributed by atoms with Crippen LogP contribution >= 0.6 is 0 Å². The van der Waals surface area contributed by atoms with Gasteiger partial charge in [0.05, 0.1) is 0 Å². The third-order valence-corrected chi connectivity index (χ3v) is 1.42. The third-order valence-electron chi connectivity index (χ3n) is 1.42. The molecule has 0 heterocycles. The zero-order chi connectivity index (χ0) is 6.85. The van der Waals surface area contributed by atoms with Gasteiger partial charge in [-0.3, -0.25) is 0 Å². The van der Waals surface area contributed by atoms with Crippen molar-refractivity contribution in [2.75, 3.05) is 0 Å². The molecule has 1 aromatic rings. The highest BCUT2D eigenvalue weighted by molar-refractivity contribution is 6.39. The first-order valence-corrected chi connectivity index (χ1v) is 2.82. The van der Waals surface area contributed by atoms with Gasteiger partial charge in [0, 0.05) is 0 Å². The molecule has 0 atom stereocenters. The van der Waals surface area contributed by atoms with Crippen molar-refractivity contribution in [2.45, 2.75) is 6.92 Å². The molecule has 0 fully saturated rings. The third kappa shape index (κ3) is 1.18. The van der Waals surface area contributed by atoms with E-state index in [1.807, 2.05) is 25.1 Å². The van der Waals surface area contributed by atoms with Crippen molar-refractivity contribution in [3.8, 4) is 0 Å². The first-order valence-electron chi connectivity index (χ1n) is 2.82. The minimum atomic E-state index is 0.759. The Bertz CT molecular complexity index is 198. The van der Waals surface area contributed by atoms with Crippen molar-refractivity contribution in [3.05, 3.63) is 23.8 Å². The van der Waals surface area contributed by atoms with E-state index in [4.69, 9.17) is 15.7 Å². The van der Waals surface area contributed by atoms with Crippen LogP contribution in [0.3, 0.4) is 0 Å². The monoisotopic (exact) mass is 112 g/mol. The second kappa shape index (κ2) is 2.30. The van der Waals surface area contributed by atoms with E-state index in [1.165, 1.54) is 0 Å². The van der Waals surface area contributed by atoms with Crippen molar-refractivity contribution in [2.24, 2.45) is 0 Å². The van der Waals surface area contributed by atoms with Crippen LogP contribution < -0.4 is 10.9 Å². The van der Waals surface area contributed by atoms with Crippen LogP contribution in [-0.4, -0.2) is 15.7 Å². The normalized spacial score (nSPS) is 9.44. The molecule has 0 amide bonds. The SMILES string of the molecule is [B]c1cccc([B])c1C. The summed E-state index contributed by atoms with van der Waals surface area (Å²) in [5.74, 6) is 0. The Balaban J connectivity index is 3.25. The molecule has 2 heteroatoms. The van der Waals surface area contributed by atoms with Crippen LogP contribution in [0.25, 0.3) is 0 Å². The summed E-state index contributed by atoms with van der Waals surface area (Å²) in [5.41, 5.74) is 2.49. The number of hydrogen-bond donors (Lipinski definition) is 0. The largest absolute Gasteiger partial charge is 0.114 e. The molecule has 0 aromatic heterocycles. The molecule has 0 spiro atoms. The fourth-order valence-electron chi connectivity index (χ4n) is 0.672. The highest BCUT2D eigenvalue weighted by atomic mass is 13.9. The summed E-state index contributed by atoms with van der Waals surface area (Å²) in [6.45, 7) is 1.91. The van der Waals surface area contributed by atoms with Gasteiger partial charge in [0.1, 0.15) is 15.7 Å². The second-order valence-corrected chi connectivity index (χ2v) is 2.06. The Morgan fingerprint density at radius 2 is 1.56 bits per heavy atom. The zero-order valence-electron chi connectivity index (χ0n) is 5.39. The molecule has 1 aromatic carbocycles. The lowest BCUT2D eigenvalue weighted by atomic mass is 9.82. The average Bonchev–Trinajstić information content (AvgIpc) is 1.83. The summed E-state index contributed by atoms with van der Waals surface area (Å²) in [4.78, 5) is 0. The molecule has 4 radical (unpaired) electrons. The predicted octanol–water partition coefficient (Wildman–Crippen LogP) is -0.417. The molecule has 9 heavy (non-hydrogen) atoms. The standard InChI is InChI=1S/C7H6B2/c1-5-6(8)3-2-4-7(5)9/h2-4H,1H3. The van der Waals surface area contributed by atoms with Crippen LogP contribution in [0.5, 0.6) is 0 Å². The quantitative estimate of drug-likeness (QED) is 0.400. The fourth-order valence-corrected chi connectivity index (χ4v) is 0.672. The van der Waals surface area contributed by atoms with E-state index < -0.39 is 0 Å². The second-order valence-electron chi connectivity index (χ2n) is 2.06. The lowest BCUT2D eigenvalue weighted by Crippen LogP contribution is -2.18. The van der Waals surface area contributed by atoms with E-state index in [9.17, 15) is 0 Å². The van der Waals surface area contributed by atoms with Crippen molar-refractivity contribution in [1.29, 1.82) is 0 Å². The van der Waals surface area contributed by atoms with Crippen LogP contribution in [0.1, 0.15) is 5.56 Å². The van der Waals surface area contributed by atoms with Crippen LogP contribution in [0.4, 0.5) is 0 Å². The molecule has 0 nitrogen and oxygen atoms in total. The Morgan fingerprint density at radius 1 is 1.11 bits per heavy atom. The summed E-state index contributed by atoms with van der Waals surface area (Å²) in [6.07, 6.45) is 0. The lowest BCUT2D eigenvalue weighted by Gasteiger charge is -2.01. The van der Waals surface area contributed by atoms with Gasteiger partial charge in [-0.1, -0.05) is 34.7 Å². The van der Waals surface area contributed by atoms with Crippen molar-refractivity contribution in [1.82, 2.24) is 0 Å². The maximum atomic E-state index is 5.54. The van der Waals surface area contributed by atoms with E-state index in [-0.39, 0.29) is 0 Å². The number of rotatable bonds is 0. The van der Waals surface area contributed by atoms with Crippen LogP contribution in [0.15, 0.2) is 18.2 Å². The Kier molecular flexibility index (Phi) is 1.65. The molecule has 0 unspecified atom stereocenters. The highest BCUT2D eigenvalue weighted by Crippen LogP contribution is 1.84. The fraction of sp³-hybridized carbons (Fsp3) is 0.143. The van der Waals surface area contributed by atoms with E-state index in [2.05, 4.69) is 0 Å². The summed E-state index contributed by atoms with van der Waals surface area (Å²) in [7, 11) is 11.1. The van der Waals surface area contributed by atoms with Crippen molar-refractivity contribution < 1.29 is 0 Å². The molecular formula is C7H6B2. The van der Waals surface area contributed by atoms with Gasteiger partial charge < -0.3 is 0 Å². The Labute approximate surface area is 58.1 Å². The lowest BCUT2D eigenvalue weighted by molar-refractivity contribution is 1.56. The smallest absolute Gasteiger partial charge is 0.0944 e. The topological polar surface area (TPSA) is 0 Å². The molecule has 40 valence electrons. The van der Waals surface area contributed by atoms with E-state index in [1.54, 1.807) is 0 Å². The molecule has 0 bridgehead atoms. The summed E-state index contributed by atoms with van der Waals surface area (Å²) < 4.78 is 0. The highest BCUT2D eigenvalue weighted by Gasteiger charge is 1.91. The first kappa shape index (κ1) is 6.47. The molecule has 0 saturated carbocycles. The first-order chi connectivity index (χ1) is 4.22.